The molecule has 3 aromatic carbocycles. The lowest BCUT2D eigenvalue weighted by atomic mass is 10.1. The van der Waals surface area contributed by atoms with Gasteiger partial charge in [-0.05, 0) is 70.0 Å². The second kappa shape index (κ2) is 11.9. The van der Waals surface area contributed by atoms with Gasteiger partial charge in [-0.1, -0.05) is 18.2 Å². The molecule has 0 saturated heterocycles. The van der Waals surface area contributed by atoms with Crippen molar-refractivity contribution >= 4 is 45.5 Å². The number of benzene rings is 3. The molecule has 36 heavy (non-hydrogen) atoms. The number of rotatable bonds is 9. The Balaban J connectivity index is 2.02. The van der Waals surface area contributed by atoms with Gasteiger partial charge >= 0.3 is 5.97 Å². The summed E-state index contributed by atoms with van der Waals surface area (Å²) in [6, 6.07) is 15.8. The zero-order chi connectivity index (χ0) is 26.2. The predicted octanol–water partition coefficient (Wildman–Crippen LogP) is 4.58. The molecule has 0 atom stereocenters. The molecule has 186 valence electrons. The number of carbonyl (C=O) groups excluding carboxylic acids is 2. The first-order valence-electron chi connectivity index (χ1n) is 10.5. The number of hydrogen-bond donors (Lipinski definition) is 3. The molecule has 3 N–H and O–H groups in total. The van der Waals surface area contributed by atoms with E-state index < -0.39 is 17.8 Å². The van der Waals surface area contributed by atoms with E-state index in [0.29, 0.717) is 27.1 Å². The summed E-state index contributed by atoms with van der Waals surface area (Å²) in [4.78, 5) is 37.7. The van der Waals surface area contributed by atoms with Crippen molar-refractivity contribution in [3.8, 4) is 17.2 Å². The van der Waals surface area contributed by atoms with Gasteiger partial charge in [0.2, 0.25) is 0 Å². The van der Waals surface area contributed by atoms with Gasteiger partial charge < -0.3 is 30.0 Å². The number of halogens is 1. The number of carboxylic acid groups (broad SMARTS) is 1. The molecule has 0 aliphatic heterocycles. The molecule has 0 spiro atoms. The zero-order valence-corrected chi connectivity index (χ0v) is 21.2. The van der Waals surface area contributed by atoms with Crippen molar-refractivity contribution in [3.63, 3.8) is 0 Å². The standard InChI is InChI=1S/C26H23BrN2O7/c1-34-21-11-9-16(26(32)33)14-19(21)28-25(31)20(29-24(30)17-6-4-5-7-18(17)27)12-15-8-10-22(35-2)23(13-15)36-3/h4-14H,1-3H3,(H,28,31)(H,29,30)(H,32,33)/b20-12+. The number of aromatic carboxylic acids is 1. The van der Waals surface area contributed by atoms with Gasteiger partial charge in [0.05, 0.1) is 38.1 Å². The summed E-state index contributed by atoms with van der Waals surface area (Å²) in [6.45, 7) is 0. The first-order chi connectivity index (χ1) is 17.3. The number of hydrogen-bond acceptors (Lipinski definition) is 6. The SMILES string of the molecule is COc1ccc(C(=O)O)cc1NC(=O)/C(=C\c1ccc(OC)c(OC)c1)NC(=O)c1ccccc1Br. The second-order valence-corrected chi connectivity index (χ2v) is 8.14. The van der Waals surface area contributed by atoms with E-state index in [1.165, 1.54) is 45.6 Å². The number of anilines is 1. The lowest BCUT2D eigenvalue weighted by molar-refractivity contribution is -0.113. The summed E-state index contributed by atoms with van der Waals surface area (Å²) in [5.74, 6) is -1.24. The van der Waals surface area contributed by atoms with Crippen molar-refractivity contribution in [2.24, 2.45) is 0 Å². The molecular weight excluding hydrogens is 532 g/mol. The molecular formula is C26H23BrN2O7. The highest BCUT2D eigenvalue weighted by Gasteiger charge is 2.19. The fourth-order valence-corrected chi connectivity index (χ4v) is 3.70. The highest BCUT2D eigenvalue weighted by atomic mass is 79.9. The Labute approximate surface area is 215 Å². The van der Waals surface area contributed by atoms with Gasteiger partial charge in [-0.15, -0.1) is 0 Å². The minimum atomic E-state index is -1.17. The van der Waals surface area contributed by atoms with Crippen molar-refractivity contribution in [3.05, 3.63) is 87.5 Å². The van der Waals surface area contributed by atoms with E-state index in [9.17, 15) is 19.5 Å². The largest absolute Gasteiger partial charge is 0.495 e. The van der Waals surface area contributed by atoms with Crippen molar-refractivity contribution in [2.45, 2.75) is 0 Å². The van der Waals surface area contributed by atoms with Crippen LogP contribution in [0.25, 0.3) is 6.08 Å². The van der Waals surface area contributed by atoms with Crippen LogP contribution < -0.4 is 24.8 Å². The molecule has 10 heteroatoms. The van der Waals surface area contributed by atoms with Crippen LogP contribution in [0.5, 0.6) is 17.2 Å². The van der Waals surface area contributed by atoms with Gasteiger partial charge in [-0.3, -0.25) is 9.59 Å². The predicted molar refractivity (Wildman–Crippen MR) is 138 cm³/mol. The van der Waals surface area contributed by atoms with Gasteiger partial charge in [0, 0.05) is 4.47 Å². The molecule has 9 nitrogen and oxygen atoms in total. The van der Waals surface area contributed by atoms with Crippen LogP contribution in [0.2, 0.25) is 0 Å². The smallest absolute Gasteiger partial charge is 0.335 e. The topological polar surface area (TPSA) is 123 Å². The van der Waals surface area contributed by atoms with Crippen LogP contribution in [0, 0.1) is 0 Å². The average Bonchev–Trinajstić information content (AvgIpc) is 2.88. The fourth-order valence-electron chi connectivity index (χ4n) is 3.23. The minimum absolute atomic E-state index is 0.0474. The normalized spacial score (nSPS) is 10.8. The van der Waals surface area contributed by atoms with Crippen LogP contribution in [-0.2, 0) is 4.79 Å². The molecule has 0 heterocycles. The van der Waals surface area contributed by atoms with Crippen molar-refractivity contribution < 1.29 is 33.7 Å². The van der Waals surface area contributed by atoms with E-state index >= 15 is 0 Å². The number of carboxylic acids is 1. The number of amides is 2. The maximum Gasteiger partial charge on any atom is 0.335 e. The van der Waals surface area contributed by atoms with Crippen LogP contribution >= 0.6 is 15.9 Å². The van der Waals surface area contributed by atoms with Crippen LogP contribution in [-0.4, -0.2) is 44.2 Å². The molecule has 0 aliphatic rings. The highest BCUT2D eigenvalue weighted by molar-refractivity contribution is 9.10. The lowest BCUT2D eigenvalue weighted by Gasteiger charge is -2.15. The Hall–Kier alpha value is -4.31. The molecule has 0 fully saturated rings. The molecule has 0 aliphatic carbocycles. The van der Waals surface area contributed by atoms with E-state index in [0.717, 1.165) is 0 Å². The summed E-state index contributed by atoms with van der Waals surface area (Å²) < 4.78 is 16.4. The number of carbonyl (C=O) groups is 3. The second-order valence-electron chi connectivity index (χ2n) is 7.28. The summed E-state index contributed by atoms with van der Waals surface area (Å²) in [5, 5.41) is 14.6. The number of nitrogens with one attached hydrogen (secondary N) is 2. The van der Waals surface area contributed by atoms with E-state index in [4.69, 9.17) is 14.2 Å². The van der Waals surface area contributed by atoms with Crippen LogP contribution in [0.1, 0.15) is 26.3 Å². The minimum Gasteiger partial charge on any atom is -0.495 e. The fraction of sp³-hybridized carbons (Fsp3) is 0.115. The third kappa shape index (κ3) is 6.22. The highest BCUT2D eigenvalue weighted by Crippen LogP contribution is 2.29. The van der Waals surface area contributed by atoms with Gasteiger partial charge in [0.1, 0.15) is 11.4 Å². The molecule has 0 bridgehead atoms. The van der Waals surface area contributed by atoms with Gasteiger partial charge in [-0.25, -0.2) is 4.79 Å². The van der Waals surface area contributed by atoms with E-state index in [-0.39, 0.29) is 22.7 Å². The first-order valence-corrected chi connectivity index (χ1v) is 11.3. The van der Waals surface area contributed by atoms with E-state index in [2.05, 4.69) is 26.6 Å². The summed E-state index contributed by atoms with van der Waals surface area (Å²) in [7, 11) is 4.37. The van der Waals surface area contributed by atoms with E-state index in [1.54, 1.807) is 42.5 Å². The van der Waals surface area contributed by atoms with Crippen LogP contribution in [0.4, 0.5) is 5.69 Å². The molecule has 3 rings (SSSR count). The van der Waals surface area contributed by atoms with Gasteiger partial charge in [0.15, 0.2) is 11.5 Å². The van der Waals surface area contributed by atoms with Crippen molar-refractivity contribution in [2.75, 3.05) is 26.6 Å². The molecule has 0 aromatic heterocycles. The Kier molecular flexibility index (Phi) is 8.69. The van der Waals surface area contributed by atoms with Crippen molar-refractivity contribution in [1.82, 2.24) is 5.32 Å². The Morgan fingerprint density at radius 3 is 2.17 bits per heavy atom. The lowest BCUT2D eigenvalue weighted by Crippen LogP contribution is -2.31. The number of ether oxygens (including phenoxy) is 3. The first kappa shape index (κ1) is 26.3. The molecule has 0 radical (unpaired) electrons. The Morgan fingerprint density at radius 1 is 0.861 bits per heavy atom. The third-order valence-corrected chi connectivity index (χ3v) is 5.72. The van der Waals surface area contributed by atoms with Crippen LogP contribution in [0.3, 0.4) is 0 Å². The van der Waals surface area contributed by atoms with Gasteiger partial charge in [-0.2, -0.15) is 0 Å². The molecule has 0 unspecified atom stereocenters. The third-order valence-electron chi connectivity index (χ3n) is 5.02. The van der Waals surface area contributed by atoms with E-state index in [1.807, 2.05) is 0 Å². The zero-order valence-electron chi connectivity index (χ0n) is 19.6. The monoisotopic (exact) mass is 554 g/mol. The summed E-state index contributed by atoms with van der Waals surface area (Å²) in [5.41, 5.74) is 0.820. The van der Waals surface area contributed by atoms with Gasteiger partial charge in [0.25, 0.3) is 11.8 Å². The molecule has 2 amide bonds. The Morgan fingerprint density at radius 2 is 1.53 bits per heavy atom. The number of methoxy groups -OCH3 is 3. The molecule has 3 aromatic rings. The summed E-state index contributed by atoms with van der Waals surface area (Å²) in [6.07, 6.45) is 1.46. The quantitative estimate of drug-likeness (QED) is 0.330. The van der Waals surface area contributed by atoms with Crippen LogP contribution in [0.15, 0.2) is 70.8 Å². The maximum atomic E-state index is 13.3. The maximum absolute atomic E-state index is 13.3. The summed E-state index contributed by atoms with van der Waals surface area (Å²) >= 11 is 3.34. The average molecular weight is 555 g/mol. The molecule has 0 saturated carbocycles. The Bertz CT molecular complexity index is 1340. The van der Waals surface area contributed by atoms with Crippen molar-refractivity contribution in [1.29, 1.82) is 0 Å².